The molecule has 1 saturated carbocycles. The number of piperazine rings is 1. The van der Waals surface area contributed by atoms with Crippen molar-refractivity contribution in [1.29, 1.82) is 0 Å². The largest absolute Gasteiger partial charge is 0.484 e. The number of hydrogen-bond acceptors (Lipinski definition) is 4. The monoisotopic (exact) mass is 331 g/mol. The van der Waals surface area contributed by atoms with Gasteiger partial charge in [-0.25, -0.2) is 0 Å². The van der Waals surface area contributed by atoms with Gasteiger partial charge in [-0.3, -0.25) is 14.5 Å². The molecular formula is C18H25N3O3. The molecule has 2 fully saturated rings. The van der Waals surface area contributed by atoms with Crippen LogP contribution < -0.4 is 10.1 Å². The smallest absolute Gasteiger partial charge is 0.260 e. The van der Waals surface area contributed by atoms with Gasteiger partial charge in [0, 0.05) is 32.2 Å². The first-order valence-electron chi connectivity index (χ1n) is 8.63. The first kappa shape index (κ1) is 16.8. The molecule has 0 bridgehead atoms. The first-order valence-corrected chi connectivity index (χ1v) is 8.63. The van der Waals surface area contributed by atoms with Gasteiger partial charge in [-0.05, 0) is 31.9 Å². The Labute approximate surface area is 142 Å². The number of carbonyl (C=O) groups excluding carboxylic acids is 2. The first-order chi connectivity index (χ1) is 11.6. The Bertz CT molecular complexity index is 566. The molecule has 2 amide bonds. The second-order valence-corrected chi connectivity index (χ2v) is 6.48. The predicted octanol–water partition coefficient (Wildman–Crippen LogP) is 0.877. The molecular weight excluding hydrogens is 306 g/mol. The summed E-state index contributed by atoms with van der Waals surface area (Å²) in [7, 11) is 0. The molecule has 24 heavy (non-hydrogen) atoms. The molecule has 0 aromatic heterocycles. The summed E-state index contributed by atoms with van der Waals surface area (Å²) < 4.78 is 5.52. The van der Waals surface area contributed by atoms with Crippen LogP contribution in [-0.2, 0) is 9.59 Å². The highest BCUT2D eigenvalue weighted by Crippen LogP contribution is 2.19. The van der Waals surface area contributed by atoms with Gasteiger partial charge in [0.2, 0.25) is 5.91 Å². The van der Waals surface area contributed by atoms with Gasteiger partial charge in [0.25, 0.3) is 5.91 Å². The second-order valence-electron chi connectivity index (χ2n) is 6.48. The molecule has 1 heterocycles. The SMILES string of the molecule is CC(C(=O)NC1CC1)N1CCN(C(=O)COc2ccccc2)CC1. The van der Waals surface area contributed by atoms with E-state index in [0.29, 0.717) is 24.9 Å². The molecule has 0 spiro atoms. The van der Waals surface area contributed by atoms with Gasteiger partial charge in [-0.15, -0.1) is 0 Å². The number of para-hydroxylation sites is 1. The highest BCUT2D eigenvalue weighted by Gasteiger charge is 2.30. The zero-order valence-electron chi connectivity index (χ0n) is 14.1. The van der Waals surface area contributed by atoms with Crippen LogP contribution in [0, 0.1) is 0 Å². The van der Waals surface area contributed by atoms with Gasteiger partial charge in [-0.1, -0.05) is 18.2 Å². The van der Waals surface area contributed by atoms with Crippen molar-refractivity contribution in [2.45, 2.75) is 31.8 Å². The number of amides is 2. The van der Waals surface area contributed by atoms with E-state index >= 15 is 0 Å². The lowest BCUT2D eigenvalue weighted by atomic mass is 10.2. The van der Waals surface area contributed by atoms with E-state index in [1.165, 1.54) is 0 Å². The maximum absolute atomic E-state index is 12.2. The third kappa shape index (κ3) is 4.47. The molecule has 1 N–H and O–H groups in total. The normalized spacial score (nSPS) is 19.6. The van der Waals surface area contributed by atoms with Gasteiger partial charge in [0.1, 0.15) is 5.75 Å². The molecule has 1 unspecified atom stereocenters. The molecule has 2 aliphatic rings. The Morgan fingerprint density at radius 2 is 1.83 bits per heavy atom. The van der Waals surface area contributed by atoms with Crippen LogP contribution in [0.2, 0.25) is 0 Å². The van der Waals surface area contributed by atoms with Crippen LogP contribution in [0.3, 0.4) is 0 Å². The molecule has 6 heteroatoms. The van der Waals surface area contributed by atoms with Crippen LogP contribution in [-0.4, -0.2) is 66.5 Å². The summed E-state index contributed by atoms with van der Waals surface area (Å²) in [5, 5.41) is 3.04. The highest BCUT2D eigenvalue weighted by molar-refractivity contribution is 5.82. The van der Waals surface area contributed by atoms with Gasteiger partial charge in [0.05, 0.1) is 6.04 Å². The molecule has 1 saturated heterocycles. The minimum absolute atomic E-state index is 0.00594. The van der Waals surface area contributed by atoms with E-state index in [9.17, 15) is 9.59 Å². The van der Waals surface area contributed by atoms with Crippen molar-refractivity contribution in [2.75, 3.05) is 32.8 Å². The maximum atomic E-state index is 12.2. The zero-order chi connectivity index (χ0) is 16.9. The van der Waals surface area contributed by atoms with E-state index in [1.807, 2.05) is 42.2 Å². The number of rotatable bonds is 6. The summed E-state index contributed by atoms with van der Waals surface area (Å²) in [4.78, 5) is 28.3. The van der Waals surface area contributed by atoms with Gasteiger partial charge in [0.15, 0.2) is 6.61 Å². The fourth-order valence-electron chi connectivity index (χ4n) is 2.83. The van der Waals surface area contributed by atoms with Crippen molar-refractivity contribution < 1.29 is 14.3 Å². The number of nitrogens with one attached hydrogen (secondary N) is 1. The van der Waals surface area contributed by atoms with E-state index in [0.717, 1.165) is 25.9 Å². The summed E-state index contributed by atoms with van der Waals surface area (Å²) in [5.41, 5.74) is 0. The molecule has 0 radical (unpaired) electrons. The summed E-state index contributed by atoms with van der Waals surface area (Å²) in [5.74, 6) is 0.799. The minimum atomic E-state index is -0.136. The van der Waals surface area contributed by atoms with Crippen LogP contribution >= 0.6 is 0 Å². The Morgan fingerprint density at radius 1 is 1.17 bits per heavy atom. The van der Waals surface area contributed by atoms with Crippen molar-refractivity contribution in [3.05, 3.63) is 30.3 Å². The number of carbonyl (C=O) groups is 2. The van der Waals surface area contributed by atoms with E-state index in [2.05, 4.69) is 10.2 Å². The quantitative estimate of drug-likeness (QED) is 0.840. The topological polar surface area (TPSA) is 61.9 Å². The lowest BCUT2D eigenvalue weighted by molar-refractivity contribution is -0.136. The number of nitrogens with zero attached hydrogens (tertiary/aromatic N) is 2. The third-order valence-electron chi connectivity index (χ3n) is 4.62. The zero-order valence-corrected chi connectivity index (χ0v) is 14.1. The van der Waals surface area contributed by atoms with E-state index in [1.54, 1.807) is 0 Å². The molecule has 3 rings (SSSR count). The van der Waals surface area contributed by atoms with E-state index in [-0.39, 0.29) is 24.5 Å². The molecule has 1 aliphatic carbocycles. The van der Waals surface area contributed by atoms with Crippen molar-refractivity contribution >= 4 is 11.8 Å². The number of hydrogen-bond donors (Lipinski definition) is 1. The van der Waals surface area contributed by atoms with Crippen LogP contribution in [0.25, 0.3) is 0 Å². The highest BCUT2D eigenvalue weighted by atomic mass is 16.5. The van der Waals surface area contributed by atoms with Crippen LogP contribution in [0.4, 0.5) is 0 Å². The number of benzene rings is 1. The van der Waals surface area contributed by atoms with Crippen molar-refractivity contribution in [1.82, 2.24) is 15.1 Å². The maximum Gasteiger partial charge on any atom is 0.260 e. The average Bonchev–Trinajstić information content (AvgIpc) is 3.44. The van der Waals surface area contributed by atoms with Gasteiger partial charge in [-0.2, -0.15) is 0 Å². The van der Waals surface area contributed by atoms with Crippen molar-refractivity contribution in [3.63, 3.8) is 0 Å². The lowest BCUT2D eigenvalue weighted by Gasteiger charge is -2.37. The molecule has 1 aromatic carbocycles. The fourth-order valence-corrected chi connectivity index (χ4v) is 2.83. The molecule has 1 aliphatic heterocycles. The number of ether oxygens (including phenoxy) is 1. The van der Waals surface area contributed by atoms with Crippen molar-refractivity contribution in [3.8, 4) is 5.75 Å². The Morgan fingerprint density at radius 3 is 2.46 bits per heavy atom. The summed E-state index contributed by atoms with van der Waals surface area (Å²) in [6.07, 6.45) is 2.20. The fraction of sp³-hybridized carbons (Fsp3) is 0.556. The van der Waals surface area contributed by atoms with Crippen LogP contribution in [0.15, 0.2) is 30.3 Å². The molecule has 6 nitrogen and oxygen atoms in total. The van der Waals surface area contributed by atoms with Gasteiger partial charge >= 0.3 is 0 Å². The molecule has 1 aromatic rings. The Hall–Kier alpha value is -2.08. The summed E-state index contributed by atoms with van der Waals surface area (Å²) in [6, 6.07) is 9.60. The Balaban J connectivity index is 1.40. The standard InChI is InChI=1S/C18H25N3O3/c1-14(18(23)19-15-7-8-15)20-9-11-21(12-10-20)17(22)13-24-16-5-3-2-4-6-16/h2-6,14-15H,7-13H2,1H3,(H,19,23). The van der Waals surface area contributed by atoms with Gasteiger partial charge < -0.3 is 15.0 Å². The predicted molar refractivity (Wildman–Crippen MR) is 90.7 cm³/mol. The van der Waals surface area contributed by atoms with E-state index < -0.39 is 0 Å². The summed E-state index contributed by atoms with van der Waals surface area (Å²) >= 11 is 0. The van der Waals surface area contributed by atoms with Crippen LogP contribution in [0.1, 0.15) is 19.8 Å². The summed E-state index contributed by atoms with van der Waals surface area (Å²) in [6.45, 7) is 4.71. The minimum Gasteiger partial charge on any atom is -0.484 e. The van der Waals surface area contributed by atoms with E-state index in [4.69, 9.17) is 4.74 Å². The van der Waals surface area contributed by atoms with Crippen molar-refractivity contribution in [2.24, 2.45) is 0 Å². The lowest BCUT2D eigenvalue weighted by Crippen LogP contribution is -2.55. The molecule has 1 atom stereocenters. The second kappa shape index (κ2) is 7.66. The Kier molecular flexibility index (Phi) is 5.35. The third-order valence-corrected chi connectivity index (χ3v) is 4.62. The molecule has 130 valence electrons. The average molecular weight is 331 g/mol. The van der Waals surface area contributed by atoms with Crippen LogP contribution in [0.5, 0.6) is 5.75 Å².